The Morgan fingerprint density at radius 3 is 2.62 bits per heavy atom. The van der Waals surface area contributed by atoms with Gasteiger partial charge in [-0.05, 0) is 54.8 Å². The molecule has 0 aliphatic rings. The van der Waals surface area contributed by atoms with Gasteiger partial charge in [-0.15, -0.1) is 0 Å². The zero-order chi connectivity index (χ0) is 15.4. The van der Waals surface area contributed by atoms with E-state index in [4.69, 9.17) is 23.2 Å². The Morgan fingerprint density at radius 1 is 1.19 bits per heavy atom. The van der Waals surface area contributed by atoms with Crippen molar-refractivity contribution in [2.24, 2.45) is 0 Å². The van der Waals surface area contributed by atoms with E-state index in [9.17, 15) is 4.79 Å². The van der Waals surface area contributed by atoms with Crippen LogP contribution in [0, 0.1) is 6.92 Å². The van der Waals surface area contributed by atoms with Crippen molar-refractivity contribution < 1.29 is 4.79 Å². The summed E-state index contributed by atoms with van der Waals surface area (Å²) in [5.41, 5.74) is 2.64. The van der Waals surface area contributed by atoms with E-state index in [1.807, 2.05) is 25.1 Å². The molecule has 0 aliphatic carbocycles. The average Bonchev–Trinajstić information content (AvgIpc) is 2.40. The van der Waals surface area contributed by atoms with Crippen molar-refractivity contribution in [1.82, 2.24) is 5.32 Å². The monoisotopic (exact) mass is 385 g/mol. The molecule has 0 aliphatic heterocycles. The van der Waals surface area contributed by atoms with Crippen LogP contribution < -0.4 is 5.32 Å². The summed E-state index contributed by atoms with van der Waals surface area (Å²) in [6.07, 6.45) is 0.661. The molecule has 0 aromatic heterocycles. The van der Waals surface area contributed by atoms with E-state index in [1.54, 1.807) is 18.2 Å². The molecule has 5 heteroatoms. The molecule has 2 nitrogen and oxygen atoms in total. The number of rotatable bonds is 4. The summed E-state index contributed by atoms with van der Waals surface area (Å²) in [5, 5.41) is 4.12. The van der Waals surface area contributed by atoms with Crippen molar-refractivity contribution in [3.63, 3.8) is 0 Å². The van der Waals surface area contributed by atoms with E-state index >= 15 is 0 Å². The molecule has 1 amide bonds. The second-order valence-electron chi connectivity index (χ2n) is 4.76. The maximum atomic E-state index is 12.1. The van der Waals surface area contributed by atoms with E-state index in [1.165, 1.54) is 0 Å². The summed E-state index contributed by atoms with van der Waals surface area (Å²) in [7, 11) is 0. The molecule has 2 aromatic rings. The molecule has 110 valence electrons. The lowest BCUT2D eigenvalue weighted by molar-refractivity contribution is 0.0954. The van der Waals surface area contributed by atoms with Crippen molar-refractivity contribution in [3.8, 4) is 0 Å². The highest BCUT2D eigenvalue weighted by molar-refractivity contribution is 9.10. The van der Waals surface area contributed by atoms with Crippen molar-refractivity contribution >= 4 is 45.0 Å². The van der Waals surface area contributed by atoms with E-state index < -0.39 is 0 Å². The Morgan fingerprint density at radius 2 is 1.95 bits per heavy atom. The second kappa shape index (κ2) is 7.30. The van der Waals surface area contributed by atoms with E-state index in [0.29, 0.717) is 28.6 Å². The number of benzene rings is 2. The first-order valence-corrected chi connectivity index (χ1v) is 8.00. The Kier molecular flexibility index (Phi) is 5.68. The number of hydrogen-bond donors (Lipinski definition) is 1. The summed E-state index contributed by atoms with van der Waals surface area (Å²) in [4.78, 5) is 12.1. The number of halogens is 3. The number of hydrogen-bond acceptors (Lipinski definition) is 1. The lowest BCUT2D eigenvalue weighted by Gasteiger charge is -2.08. The Labute approximate surface area is 142 Å². The van der Waals surface area contributed by atoms with Crippen LogP contribution in [0.3, 0.4) is 0 Å². The molecule has 0 atom stereocenters. The van der Waals surface area contributed by atoms with Crippen LogP contribution >= 0.6 is 39.1 Å². The van der Waals surface area contributed by atoms with Crippen LogP contribution in [-0.4, -0.2) is 12.5 Å². The van der Waals surface area contributed by atoms with Gasteiger partial charge in [-0.1, -0.05) is 45.2 Å². The van der Waals surface area contributed by atoms with Gasteiger partial charge in [0.2, 0.25) is 0 Å². The minimum atomic E-state index is -0.0931. The van der Waals surface area contributed by atoms with Crippen molar-refractivity contribution in [1.29, 1.82) is 0 Å². The third-order valence-corrected chi connectivity index (χ3v) is 4.04. The summed E-state index contributed by atoms with van der Waals surface area (Å²) < 4.78 is 0.897. The SMILES string of the molecule is Cc1cc(Br)cc(C(=O)NCCc2ccc(Cl)cc2Cl)c1. The van der Waals surface area contributed by atoms with Crippen LogP contribution in [0.5, 0.6) is 0 Å². The summed E-state index contributed by atoms with van der Waals surface area (Å²) >= 11 is 15.3. The second-order valence-corrected chi connectivity index (χ2v) is 6.52. The lowest BCUT2D eigenvalue weighted by atomic mass is 10.1. The van der Waals surface area contributed by atoms with Crippen LogP contribution in [0.15, 0.2) is 40.9 Å². The topological polar surface area (TPSA) is 29.1 Å². The molecule has 2 rings (SSSR count). The zero-order valence-corrected chi connectivity index (χ0v) is 14.5. The zero-order valence-electron chi connectivity index (χ0n) is 11.4. The van der Waals surface area contributed by atoms with Crippen LogP contribution in [-0.2, 0) is 6.42 Å². The molecule has 0 saturated heterocycles. The fraction of sp³-hybridized carbons (Fsp3) is 0.188. The fourth-order valence-corrected chi connectivity index (χ4v) is 3.12. The summed E-state index contributed by atoms with van der Waals surface area (Å²) in [6.45, 7) is 2.47. The van der Waals surface area contributed by atoms with Gasteiger partial charge in [-0.2, -0.15) is 0 Å². The first kappa shape index (κ1) is 16.3. The minimum Gasteiger partial charge on any atom is -0.352 e. The number of aryl methyl sites for hydroxylation is 1. The molecule has 0 fully saturated rings. The normalized spacial score (nSPS) is 10.5. The van der Waals surface area contributed by atoms with Crippen LogP contribution in [0.1, 0.15) is 21.5 Å². The third kappa shape index (κ3) is 4.73. The fourth-order valence-electron chi connectivity index (χ4n) is 2.00. The molecule has 0 bridgehead atoms. The Bertz CT molecular complexity index is 653. The summed E-state index contributed by atoms with van der Waals surface area (Å²) in [6, 6.07) is 11.0. The third-order valence-electron chi connectivity index (χ3n) is 3.00. The first-order chi connectivity index (χ1) is 9.95. The van der Waals surface area contributed by atoms with Crippen molar-refractivity contribution in [2.75, 3.05) is 6.54 Å². The molecule has 0 unspecified atom stereocenters. The number of carbonyl (C=O) groups excluding carboxylic acids is 1. The highest BCUT2D eigenvalue weighted by Crippen LogP contribution is 2.21. The average molecular weight is 387 g/mol. The van der Waals surface area contributed by atoms with Gasteiger partial charge in [-0.25, -0.2) is 0 Å². The summed E-state index contributed by atoms with van der Waals surface area (Å²) in [5.74, 6) is -0.0931. The van der Waals surface area contributed by atoms with Gasteiger partial charge >= 0.3 is 0 Å². The highest BCUT2D eigenvalue weighted by atomic mass is 79.9. The Hall–Kier alpha value is -1.03. The number of amides is 1. The largest absolute Gasteiger partial charge is 0.352 e. The lowest BCUT2D eigenvalue weighted by Crippen LogP contribution is -2.25. The molecular formula is C16H14BrCl2NO. The smallest absolute Gasteiger partial charge is 0.251 e. The first-order valence-electron chi connectivity index (χ1n) is 6.45. The van der Waals surface area contributed by atoms with Gasteiger partial charge in [0.1, 0.15) is 0 Å². The molecule has 0 saturated carbocycles. The van der Waals surface area contributed by atoms with Gasteiger partial charge in [-0.3, -0.25) is 4.79 Å². The molecule has 21 heavy (non-hydrogen) atoms. The van der Waals surface area contributed by atoms with E-state index in [2.05, 4.69) is 21.2 Å². The van der Waals surface area contributed by atoms with Crippen molar-refractivity contribution in [3.05, 3.63) is 67.6 Å². The highest BCUT2D eigenvalue weighted by Gasteiger charge is 2.07. The number of carbonyl (C=O) groups is 1. The van der Waals surface area contributed by atoms with Gasteiger partial charge in [0.15, 0.2) is 0 Å². The molecule has 0 radical (unpaired) electrons. The predicted molar refractivity (Wildman–Crippen MR) is 91.4 cm³/mol. The van der Waals surface area contributed by atoms with Gasteiger partial charge < -0.3 is 5.32 Å². The number of nitrogens with one attached hydrogen (secondary N) is 1. The van der Waals surface area contributed by atoms with Crippen LogP contribution in [0.25, 0.3) is 0 Å². The molecular weight excluding hydrogens is 373 g/mol. The van der Waals surface area contributed by atoms with E-state index in [-0.39, 0.29) is 5.91 Å². The standard InChI is InChI=1S/C16H14BrCl2NO/c1-10-6-12(8-13(17)7-10)16(21)20-5-4-11-2-3-14(18)9-15(11)19/h2-3,6-9H,4-5H2,1H3,(H,20,21). The van der Waals surface area contributed by atoms with Crippen LogP contribution in [0.4, 0.5) is 0 Å². The Balaban J connectivity index is 1.95. The minimum absolute atomic E-state index is 0.0931. The van der Waals surface area contributed by atoms with Gasteiger partial charge in [0.25, 0.3) is 5.91 Å². The molecule has 0 spiro atoms. The van der Waals surface area contributed by atoms with Crippen LogP contribution in [0.2, 0.25) is 10.0 Å². The van der Waals surface area contributed by atoms with Crippen molar-refractivity contribution in [2.45, 2.75) is 13.3 Å². The molecule has 1 N–H and O–H groups in total. The van der Waals surface area contributed by atoms with Gasteiger partial charge in [0, 0.05) is 26.6 Å². The van der Waals surface area contributed by atoms with Gasteiger partial charge in [0.05, 0.1) is 0 Å². The quantitative estimate of drug-likeness (QED) is 0.783. The molecule has 0 heterocycles. The molecule has 2 aromatic carbocycles. The predicted octanol–water partition coefficient (Wildman–Crippen LogP) is 5.04. The van der Waals surface area contributed by atoms with E-state index in [0.717, 1.165) is 15.6 Å². The maximum absolute atomic E-state index is 12.1. The maximum Gasteiger partial charge on any atom is 0.251 e.